The first-order chi connectivity index (χ1) is 14.7. The minimum atomic E-state index is -0.200. The van der Waals surface area contributed by atoms with Gasteiger partial charge >= 0.3 is 0 Å². The number of carbonyl (C=O) groups is 1. The number of H-pyrrole nitrogens is 2. The number of hydrogen-bond donors (Lipinski definition) is 3. The summed E-state index contributed by atoms with van der Waals surface area (Å²) in [6.45, 7) is 10.0. The van der Waals surface area contributed by atoms with E-state index in [4.69, 9.17) is 12.2 Å². The molecular formula is C24H38FN3O2S. The number of anilines is 1. The molecule has 0 aliphatic heterocycles. The molecule has 1 aliphatic rings. The van der Waals surface area contributed by atoms with Crippen LogP contribution in [0.3, 0.4) is 0 Å². The molecule has 0 saturated heterocycles. The molecule has 31 heavy (non-hydrogen) atoms. The van der Waals surface area contributed by atoms with Crippen molar-refractivity contribution in [3.8, 4) is 0 Å². The first-order valence-electron chi connectivity index (χ1n) is 11.0. The number of benzene rings is 1. The van der Waals surface area contributed by atoms with Crippen molar-refractivity contribution in [1.82, 2.24) is 9.97 Å². The molecule has 0 saturated carbocycles. The Labute approximate surface area is 190 Å². The van der Waals surface area contributed by atoms with E-state index in [0.29, 0.717) is 4.77 Å². The third-order valence-corrected chi connectivity index (χ3v) is 4.78. The van der Waals surface area contributed by atoms with Crippen molar-refractivity contribution in [3.05, 3.63) is 56.5 Å². The second-order valence-electron chi connectivity index (χ2n) is 7.69. The van der Waals surface area contributed by atoms with Gasteiger partial charge in [0.25, 0.3) is 5.56 Å². The van der Waals surface area contributed by atoms with Gasteiger partial charge in [-0.05, 0) is 68.6 Å². The van der Waals surface area contributed by atoms with Crippen LogP contribution in [0.5, 0.6) is 0 Å². The lowest BCUT2D eigenvalue weighted by Crippen LogP contribution is -2.20. The molecule has 0 unspecified atom stereocenters. The molecule has 0 amide bonds. The van der Waals surface area contributed by atoms with Crippen LogP contribution in [0.25, 0.3) is 0 Å². The summed E-state index contributed by atoms with van der Waals surface area (Å²) in [5, 5.41) is 2.89. The highest BCUT2D eigenvalue weighted by molar-refractivity contribution is 7.71. The van der Waals surface area contributed by atoms with Gasteiger partial charge in [0.1, 0.15) is 12.1 Å². The maximum Gasteiger partial charge on any atom is 0.255 e. The normalized spacial score (nSPS) is 11.8. The van der Waals surface area contributed by atoms with Crippen LogP contribution < -0.4 is 10.9 Å². The van der Waals surface area contributed by atoms with Gasteiger partial charge in [0.05, 0.1) is 0 Å². The van der Waals surface area contributed by atoms with Gasteiger partial charge in [-0.2, -0.15) is 0 Å². The largest absolute Gasteiger partial charge is 0.388 e. The second-order valence-corrected chi connectivity index (χ2v) is 8.09. The van der Waals surface area contributed by atoms with Crippen LogP contribution in [-0.2, 0) is 17.6 Å². The van der Waals surface area contributed by atoms with E-state index in [0.717, 1.165) is 61.8 Å². The van der Waals surface area contributed by atoms with E-state index < -0.39 is 0 Å². The standard InChI is InChI=1S/C8H10N2OS.C7H8FN.C7H14O.C2H6/c11-7-5-3-1-2-4-6(5)9-8(12)10-7;1-9-7-4-2-6(8)3-5-7;1-4-5-7(2,3)6-8;1-2/h1-4H2,(H2,9,10,11,12);2-5,9H,1H3;6H,4-5H2,1-3H3;1-2H3. The van der Waals surface area contributed by atoms with Crippen LogP contribution in [0, 0.1) is 16.0 Å². The highest BCUT2D eigenvalue weighted by Crippen LogP contribution is 2.17. The Morgan fingerprint density at radius 1 is 1.13 bits per heavy atom. The van der Waals surface area contributed by atoms with E-state index in [1.807, 2.05) is 27.7 Å². The second kappa shape index (κ2) is 15.5. The first kappa shape index (κ1) is 28.7. The minimum Gasteiger partial charge on any atom is -0.388 e. The zero-order chi connectivity index (χ0) is 23.9. The van der Waals surface area contributed by atoms with E-state index in [2.05, 4.69) is 22.2 Å². The van der Waals surface area contributed by atoms with E-state index in [-0.39, 0.29) is 16.8 Å². The Bertz CT molecular complexity index is 874. The highest BCUT2D eigenvalue weighted by Gasteiger charge is 2.13. The number of rotatable bonds is 4. The molecule has 174 valence electrons. The van der Waals surface area contributed by atoms with Crippen molar-refractivity contribution in [1.29, 1.82) is 0 Å². The van der Waals surface area contributed by atoms with Gasteiger partial charge in [0, 0.05) is 29.4 Å². The topological polar surface area (TPSA) is 77.8 Å². The number of carbonyl (C=O) groups excluding carboxylic acids is 1. The molecule has 0 radical (unpaired) electrons. The molecule has 1 aromatic heterocycles. The molecule has 1 heterocycles. The summed E-state index contributed by atoms with van der Waals surface area (Å²) < 4.78 is 12.6. The van der Waals surface area contributed by atoms with Crippen LogP contribution in [-0.4, -0.2) is 23.3 Å². The summed E-state index contributed by atoms with van der Waals surface area (Å²) in [6.07, 6.45) is 7.22. The summed E-state index contributed by atoms with van der Waals surface area (Å²) in [4.78, 5) is 27.2. The predicted octanol–water partition coefficient (Wildman–Crippen LogP) is 6.22. The van der Waals surface area contributed by atoms with Crippen LogP contribution in [0.2, 0.25) is 0 Å². The van der Waals surface area contributed by atoms with Gasteiger partial charge in [-0.25, -0.2) is 4.39 Å². The molecule has 3 rings (SSSR count). The van der Waals surface area contributed by atoms with E-state index >= 15 is 0 Å². The van der Waals surface area contributed by atoms with Gasteiger partial charge in [0.15, 0.2) is 4.77 Å². The van der Waals surface area contributed by atoms with Gasteiger partial charge in [-0.15, -0.1) is 0 Å². The molecule has 0 atom stereocenters. The number of aldehydes is 1. The fraction of sp³-hybridized carbons (Fsp3) is 0.542. The van der Waals surface area contributed by atoms with Crippen molar-refractivity contribution in [2.45, 2.75) is 73.1 Å². The number of halogens is 1. The third-order valence-electron chi connectivity index (χ3n) is 4.58. The third kappa shape index (κ3) is 11.6. The lowest BCUT2D eigenvalue weighted by Gasteiger charge is -2.13. The Balaban J connectivity index is 0.000000430. The summed E-state index contributed by atoms with van der Waals surface area (Å²) in [7, 11) is 1.80. The lowest BCUT2D eigenvalue weighted by atomic mass is 9.90. The zero-order valence-electron chi connectivity index (χ0n) is 19.7. The molecule has 1 aromatic carbocycles. The fourth-order valence-electron chi connectivity index (χ4n) is 2.96. The van der Waals surface area contributed by atoms with Crippen LogP contribution in [0.4, 0.5) is 10.1 Å². The number of hydrogen-bond acceptors (Lipinski definition) is 4. The quantitative estimate of drug-likeness (QED) is 0.381. The van der Waals surface area contributed by atoms with Crippen molar-refractivity contribution < 1.29 is 9.18 Å². The van der Waals surface area contributed by atoms with Crippen molar-refractivity contribution in [2.75, 3.05) is 12.4 Å². The van der Waals surface area contributed by atoms with Crippen molar-refractivity contribution in [2.24, 2.45) is 5.41 Å². The van der Waals surface area contributed by atoms with Gasteiger partial charge < -0.3 is 15.1 Å². The fourth-order valence-corrected chi connectivity index (χ4v) is 3.18. The average Bonchev–Trinajstić information content (AvgIpc) is 2.76. The number of nitrogens with one attached hydrogen (secondary N) is 3. The molecule has 3 N–H and O–H groups in total. The van der Waals surface area contributed by atoms with Crippen molar-refractivity contribution in [3.63, 3.8) is 0 Å². The van der Waals surface area contributed by atoms with Crippen LogP contribution >= 0.6 is 12.2 Å². The van der Waals surface area contributed by atoms with Gasteiger partial charge in [-0.3, -0.25) is 9.78 Å². The summed E-state index contributed by atoms with van der Waals surface area (Å²) in [5.74, 6) is -0.200. The zero-order valence-corrected chi connectivity index (χ0v) is 20.5. The van der Waals surface area contributed by atoms with Crippen molar-refractivity contribution >= 4 is 24.2 Å². The van der Waals surface area contributed by atoms with E-state index in [9.17, 15) is 14.0 Å². The Morgan fingerprint density at radius 2 is 1.71 bits per heavy atom. The molecule has 5 nitrogen and oxygen atoms in total. The summed E-state index contributed by atoms with van der Waals surface area (Å²) in [5.41, 5.74) is 2.77. The van der Waals surface area contributed by atoms with Crippen LogP contribution in [0.1, 0.15) is 71.6 Å². The predicted molar refractivity (Wildman–Crippen MR) is 131 cm³/mol. The summed E-state index contributed by atoms with van der Waals surface area (Å²) in [6, 6.07) is 6.22. The van der Waals surface area contributed by atoms with Gasteiger partial charge in [0.2, 0.25) is 0 Å². The first-order valence-corrected chi connectivity index (χ1v) is 11.4. The number of aryl methyl sites for hydroxylation is 1. The molecule has 1 aliphatic carbocycles. The number of fused-ring (bicyclic) bond motifs is 1. The molecule has 2 aromatic rings. The average molecular weight is 452 g/mol. The maximum absolute atomic E-state index is 12.2. The smallest absolute Gasteiger partial charge is 0.255 e. The lowest BCUT2D eigenvalue weighted by molar-refractivity contribution is -0.115. The van der Waals surface area contributed by atoms with Gasteiger partial charge in [-0.1, -0.05) is 41.0 Å². The molecule has 0 spiro atoms. The maximum atomic E-state index is 12.2. The molecule has 0 bridgehead atoms. The molecular weight excluding hydrogens is 413 g/mol. The monoisotopic (exact) mass is 451 g/mol. The summed E-state index contributed by atoms with van der Waals surface area (Å²) >= 11 is 4.87. The number of aromatic nitrogens is 2. The SMILES string of the molecule is CC.CCCC(C)(C)C=O.CNc1ccc(F)cc1.O=c1[nH]c(=S)[nH]c2c1CCCC2. The minimum absolute atomic E-state index is 0.00606. The molecule has 0 fully saturated rings. The Morgan fingerprint density at radius 3 is 2.19 bits per heavy atom. The van der Waals surface area contributed by atoms with E-state index in [1.54, 1.807) is 19.2 Å². The van der Waals surface area contributed by atoms with Crippen LogP contribution in [0.15, 0.2) is 29.1 Å². The highest BCUT2D eigenvalue weighted by atomic mass is 32.1. The Kier molecular flexibility index (Phi) is 14.4. The Hall–Kier alpha value is -2.28. The van der Waals surface area contributed by atoms with E-state index in [1.165, 1.54) is 12.1 Å². The molecule has 7 heteroatoms. The number of aromatic amines is 2.